The molecule has 0 fully saturated rings. The van der Waals surface area contributed by atoms with E-state index in [2.05, 4.69) is 37.0 Å². The minimum absolute atomic E-state index is 0.255. The predicted molar refractivity (Wildman–Crippen MR) is 79.3 cm³/mol. The minimum Gasteiger partial charge on any atom is -0.300 e. The molecule has 2 nitrogen and oxygen atoms in total. The maximum Gasteiger partial charge on any atom is 0.129 e. The molecule has 0 spiro atoms. The summed E-state index contributed by atoms with van der Waals surface area (Å²) in [4.78, 5) is 14.4. The molecule has 0 aliphatic carbocycles. The van der Waals surface area contributed by atoms with Gasteiger partial charge < -0.3 is 4.79 Å². The summed E-state index contributed by atoms with van der Waals surface area (Å²) in [5, 5.41) is 1.27. The third-order valence-electron chi connectivity index (χ3n) is 2.84. The van der Waals surface area contributed by atoms with Gasteiger partial charge in [0, 0.05) is 12.3 Å². The van der Waals surface area contributed by atoms with Gasteiger partial charge in [0.05, 0.1) is 15.2 Å². The van der Waals surface area contributed by atoms with Crippen LogP contribution in [0.5, 0.6) is 0 Å². The number of carbonyl (C=O) groups excluding carboxylic acids is 1. The Morgan fingerprint density at radius 1 is 1.33 bits per heavy atom. The average molecular weight is 263 g/mol. The molecule has 0 bridgehead atoms. The van der Waals surface area contributed by atoms with E-state index in [4.69, 9.17) is 0 Å². The van der Waals surface area contributed by atoms with E-state index in [-0.39, 0.29) is 5.78 Å². The molecule has 1 aromatic heterocycles. The maximum atomic E-state index is 9.81. The largest absolute Gasteiger partial charge is 0.300 e. The summed E-state index contributed by atoms with van der Waals surface area (Å²) < 4.78 is 1.30. The standard InChI is InChI=1S/C11H13NS.C4H8O/c1-3-8(2)11-12-9-6-4-5-7-10(9)13-11;1-3-4(2)5/h4-8H,3H2,1-2H3;3H2,1-2H3. The van der Waals surface area contributed by atoms with Gasteiger partial charge in [0.1, 0.15) is 5.78 Å². The monoisotopic (exact) mass is 263 g/mol. The summed E-state index contributed by atoms with van der Waals surface area (Å²) in [6.07, 6.45) is 1.83. The summed E-state index contributed by atoms with van der Waals surface area (Å²) in [7, 11) is 0. The molecular weight excluding hydrogens is 242 g/mol. The van der Waals surface area contributed by atoms with Crippen LogP contribution in [0.25, 0.3) is 10.2 Å². The van der Waals surface area contributed by atoms with E-state index in [9.17, 15) is 4.79 Å². The second kappa shape index (κ2) is 7.27. The highest BCUT2D eigenvalue weighted by atomic mass is 32.1. The van der Waals surface area contributed by atoms with Gasteiger partial charge in [-0.3, -0.25) is 0 Å². The highest BCUT2D eigenvalue weighted by Gasteiger charge is 2.08. The number of rotatable bonds is 3. The Morgan fingerprint density at radius 2 is 1.94 bits per heavy atom. The first kappa shape index (κ1) is 14.8. The Bertz CT molecular complexity index is 471. The quantitative estimate of drug-likeness (QED) is 0.796. The maximum absolute atomic E-state index is 9.81. The predicted octanol–water partition coefficient (Wildman–Crippen LogP) is 4.80. The fourth-order valence-electron chi connectivity index (χ4n) is 1.28. The van der Waals surface area contributed by atoms with Crippen molar-refractivity contribution in [2.24, 2.45) is 0 Å². The van der Waals surface area contributed by atoms with Crippen LogP contribution in [0.1, 0.15) is 51.5 Å². The van der Waals surface area contributed by atoms with Crippen LogP contribution in [0.15, 0.2) is 24.3 Å². The highest BCUT2D eigenvalue weighted by molar-refractivity contribution is 7.18. The molecule has 0 N–H and O–H groups in total. The number of hydrogen-bond acceptors (Lipinski definition) is 3. The summed E-state index contributed by atoms with van der Waals surface area (Å²) in [5.41, 5.74) is 1.14. The number of benzene rings is 1. The van der Waals surface area contributed by atoms with Crippen LogP contribution < -0.4 is 0 Å². The van der Waals surface area contributed by atoms with E-state index in [1.54, 1.807) is 6.92 Å². The normalized spacial score (nSPS) is 11.8. The lowest BCUT2D eigenvalue weighted by atomic mass is 10.1. The van der Waals surface area contributed by atoms with Gasteiger partial charge in [0.15, 0.2) is 0 Å². The average Bonchev–Trinajstić information content (AvgIpc) is 2.82. The Kier molecular flexibility index (Phi) is 5.99. The topological polar surface area (TPSA) is 30.0 Å². The number of aromatic nitrogens is 1. The van der Waals surface area contributed by atoms with Crippen LogP contribution in [-0.4, -0.2) is 10.8 Å². The Balaban J connectivity index is 0.000000280. The van der Waals surface area contributed by atoms with Crippen molar-refractivity contribution in [2.75, 3.05) is 0 Å². The molecule has 1 atom stereocenters. The number of carbonyl (C=O) groups is 1. The van der Waals surface area contributed by atoms with Crippen molar-refractivity contribution in [3.05, 3.63) is 29.3 Å². The van der Waals surface area contributed by atoms with Crippen LogP contribution in [0, 0.1) is 0 Å². The SMILES string of the molecule is CCC(C)=O.CCC(C)c1nc2ccccc2s1. The van der Waals surface area contributed by atoms with E-state index in [1.165, 1.54) is 16.1 Å². The lowest BCUT2D eigenvalue weighted by Crippen LogP contribution is -1.88. The molecule has 18 heavy (non-hydrogen) atoms. The van der Waals surface area contributed by atoms with E-state index < -0.39 is 0 Å². The van der Waals surface area contributed by atoms with E-state index >= 15 is 0 Å². The van der Waals surface area contributed by atoms with Crippen molar-refractivity contribution in [3.63, 3.8) is 0 Å². The second-order valence-corrected chi connectivity index (χ2v) is 5.45. The Hall–Kier alpha value is -1.22. The molecule has 0 saturated carbocycles. The third-order valence-corrected chi connectivity index (χ3v) is 4.11. The molecular formula is C15H21NOS. The van der Waals surface area contributed by atoms with Gasteiger partial charge in [-0.15, -0.1) is 11.3 Å². The zero-order valence-corrected chi connectivity index (χ0v) is 12.4. The fourth-order valence-corrected chi connectivity index (χ4v) is 2.38. The number of hydrogen-bond donors (Lipinski definition) is 0. The number of fused-ring (bicyclic) bond motifs is 1. The van der Waals surface area contributed by atoms with Gasteiger partial charge in [-0.05, 0) is 25.5 Å². The van der Waals surface area contributed by atoms with Crippen molar-refractivity contribution >= 4 is 27.3 Å². The van der Waals surface area contributed by atoms with Gasteiger partial charge in [-0.2, -0.15) is 0 Å². The highest BCUT2D eigenvalue weighted by Crippen LogP contribution is 2.28. The smallest absolute Gasteiger partial charge is 0.129 e. The third kappa shape index (κ3) is 4.22. The van der Waals surface area contributed by atoms with Crippen molar-refractivity contribution in [1.29, 1.82) is 0 Å². The molecule has 0 radical (unpaired) electrons. The molecule has 0 saturated heterocycles. The summed E-state index contributed by atoms with van der Waals surface area (Å²) in [6.45, 7) is 7.87. The molecule has 0 aliphatic heterocycles. The van der Waals surface area contributed by atoms with Crippen LogP contribution in [0.3, 0.4) is 0 Å². The first-order valence-corrected chi connectivity index (χ1v) is 7.25. The fraction of sp³-hybridized carbons (Fsp3) is 0.467. The number of thiazole rings is 1. The van der Waals surface area contributed by atoms with Gasteiger partial charge in [0.25, 0.3) is 0 Å². The molecule has 2 aromatic rings. The van der Waals surface area contributed by atoms with Crippen molar-refractivity contribution in [2.45, 2.75) is 46.5 Å². The minimum atomic E-state index is 0.255. The molecule has 1 unspecified atom stereocenters. The molecule has 0 amide bonds. The lowest BCUT2D eigenvalue weighted by Gasteiger charge is -2.00. The zero-order valence-electron chi connectivity index (χ0n) is 11.6. The first-order chi connectivity index (χ1) is 8.58. The number of ketones is 1. The van der Waals surface area contributed by atoms with E-state index in [0.29, 0.717) is 12.3 Å². The molecule has 1 aromatic carbocycles. The summed E-state index contributed by atoms with van der Waals surface area (Å²) in [5.74, 6) is 0.849. The summed E-state index contributed by atoms with van der Waals surface area (Å²) >= 11 is 1.82. The molecule has 1 heterocycles. The van der Waals surface area contributed by atoms with Crippen molar-refractivity contribution in [3.8, 4) is 0 Å². The van der Waals surface area contributed by atoms with Gasteiger partial charge in [0.2, 0.25) is 0 Å². The zero-order chi connectivity index (χ0) is 13.5. The van der Waals surface area contributed by atoms with Gasteiger partial charge >= 0.3 is 0 Å². The second-order valence-electron chi connectivity index (χ2n) is 4.38. The molecule has 0 aliphatic rings. The van der Waals surface area contributed by atoms with Gasteiger partial charge in [-0.25, -0.2) is 4.98 Å². The number of nitrogens with zero attached hydrogens (tertiary/aromatic N) is 1. The van der Waals surface area contributed by atoms with E-state index in [1.807, 2.05) is 24.3 Å². The lowest BCUT2D eigenvalue weighted by molar-refractivity contribution is -0.116. The van der Waals surface area contributed by atoms with Crippen LogP contribution >= 0.6 is 11.3 Å². The number of Topliss-reactive ketones (excluding diaryl/α,β-unsaturated/α-hetero) is 1. The molecule has 98 valence electrons. The Morgan fingerprint density at radius 3 is 2.44 bits per heavy atom. The first-order valence-electron chi connectivity index (χ1n) is 6.43. The van der Waals surface area contributed by atoms with Crippen LogP contribution in [0.4, 0.5) is 0 Å². The van der Waals surface area contributed by atoms with Crippen LogP contribution in [-0.2, 0) is 4.79 Å². The van der Waals surface area contributed by atoms with Crippen LogP contribution in [0.2, 0.25) is 0 Å². The van der Waals surface area contributed by atoms with Crippen molar-refractivity contribution in [1.82, 2.24) is 4.98 Å². The van der Waals surface area contributed by atoms with Gasteiger partial charge in [-0.1, -0.05) is 32.9 Å². The van der Waals surface area contributed by atoms with Crippen molar-refractivity contribution < 1.29 is 4.79 Å². The summed E-state index contributed by atoms with van der Waals surface area (Å²) in [6, 6.07) is 8.33. The van der Waals surface area contributed by atoms with E-state index in [0.717, 1.165) is 5.52 Å². The molecule has 2 rings (SSSR count). The Labute approximate surface area is 113 Å². The molecule has 3 heteroatoms. The number of para-hydroxylation sites is 1.